The molecule has 2 fully saturated rings. The highest BCUT2D eigenvalue weighted by molar-refractivity contribution is 7.99. The molecule has 2 atom stereocenters. The number of hydrogen-bond acceptors (Lipinski definition) is 4. The highest BCUT2D eigenvalue weighted by Crippen LogP contribution is 2.20. The van der Waals surface area contributed by atoms with E-state index in [2.05, 4.69) is 5.32 Å². The third kappa shape index (κ3) is 3.01. The molecule has 2 saturated heterocycles. The molecule has 2 heterocycles. The van der Waals surface area contributed by atoms with Crippen molar-refractivity contribution in [2.75, 3.05) is 18.1 Å². The first kappa shape index (κ1) is 12.9. The summed E-state index contributed by atoms with van der Waals surface area (Å²) in [7, 11) is 0. The monoisotopic (exact) mass is 256 g/mol. The number of rotatable bonds is 4. The Bertz CT molecular complexity index is 303. The van der Waals surface area contributed by atoms with E-state index in [1.54, 1.807) is 0 Å². The van der Waals surface area contributed by atoms with Gasteiger partial charge in [0.1, 0.15) is 0 Å². The fourth-order valence-corrected chi connectivity index (χ4v) is 3.51. The Morgan fingerprint density at radius 3 is 2.94 bits per heavy atom. The summed E-state index contributed by atoms with van der Waals surface area (Å²) in [6.07, 6.45) is 3.51. The van der Waals surface area contributed by atoms with Crippen molar-refractivity contribution in [3.8, 4) is 0 Å². The smallest absolute Gasteiger partial charge is 0.246 e. The van der Waals surface area contributed by atoms with Crippen LogP contribution in [-0.2, 0) is 9.59 Å². The van der Waals surface area contributed by atoms with Gasteiger partial charge in [-0.2, -0.15) is 11.8 Å². The molecular weight excluding hydrogens is 236 g/mol. The van der Waals surface area contributed by atoms with E-state index in [1.165, 1.54) is 17.1 Å². The molecule has 2 aliphatic heterocycles. The highest BCUT2D eigenvalue weighted by atomic mass is 32.2. The molecule has 0 radical (unpaired) electrons. The van der Waals surface area contributed by atoms with Crippen LogP contribution in [0.1, 0.15) is 32.6 Å². The zero-order valence-electron chi connectivity index (χ0n) is 10.3. The van der Waals surface area contributed by atoms with Crippen molar-refractivity contribution in [3.05, 3.63) is 0 Å². The van der Waals surface area contributed by atoms with E-state index in [4.69, 9.17) is 0 Å². The summed E-state index contributed by atoms with van der Waals surface area (Å²) in [6.45, 7) is 2.55. The van der Waals surface area contributed by atoms with E-state index in [0.717, 1.165) is 18.6 Å². The number of nitrogens with zero attached hydrogens (tertiary/aromatic N) is 1. The maximum atomic E-state index is 12.0. The minimum Gasteiger partial charge on any atom is -0.302 e. The molecular formula is C12H20N2O2S. The quantitative estimate of drug-likeness (QED) is 0.763. The fourth-order valence-electron chi connectivity index (χ4n) is 2.43. The Balaban J connectivity index is 1.89. The van der Waals surface area contributed by atoms with Crippen molar-refractivity contribution >= 4 is 23.6 Å². The Morgan fingerprint density at radius 2 is 2.29 bits per heavy atom. The van der Waals surface area contributed by atoms with Gasteiger partial charge in [0, 0.05) is 18.3 Å². The van der Waals surface area contributed by atoms with Crippen LogP contribution in [0.25, 0.3) is 0 Å². The Hall–Kier alpha value is -0.550. The van der Waals surface area contributed by atoms with E-state index in [-0.39, 0.29) is 17.9 Å². The van der Waals surface area contributed by atoms with Gasteiger partial charge in [-0.1, -0.05) is 6.92 Å². The van der Waals surface area contributed by atoms with Crippen molar-refractivity contribution in [1.82, 2.24) is 10.2 Å². The van der Waals surface area contributed by atoms with Gasteiger partial charge in [0.25, 0.3) is 0 Å². The minimum atomic E-state index is -0.266. The lowest BCUT2D eigenvalue weighted by molar-refractivity contribution is -0.138. The summed E-state index contributed by atoms with van der Waals surface area (Å²) in [5, 5.41) is 3.35. The number of amides is 2. The first-order chi connectivity index (χ1) is 8.22. The summed E-state index contributed by atoms with van der Waals surface area (Å²) in [6, 6.07) is 0.134. The predicted octanol–water partition coefficient (Wildman–Crippen LogP) is 1.01. The van der Waals surface area contributed by atoms with Crippen LogP contribution in [0.2, 0.25) is 0 Å². The second-order valence-electron chi connectivity index (χ2n) is 4.72. The molecule has 0 aliphatic carbocycles. The lowest BCUT2D eigenvalue weighted by atomic mass is 10.1. The molecule has 0 aromatic carbocycles. The van der Waals surface area contributed by atoms with Crippen LogP contribution in [0.4, 0.5) is 0 Å². The van der Waals surface area contributed by atoms with Gasteiger partial charge in [-0.3, -0.25) is 14.5 Å². The average molecular weight is 256 g/mol. The normalized spacial score (nSPS) is 30.1. The van der Waals surface area contributed by atoms with E-state index < -0.39 is 0 Å². The topological polar surface area (TPSA) is 49.4 Å². The molecule has 0 aromatic heterocycles. The van der Waals surface area contributed by atoms with Crippen LogP contribution in [0.3, 0.4) is 0 Å². The number of carbonyl (C=O) groups excluding carboxylic acids is 2. The summed E-state index contributed by atoms with van der Waals surface area (Å²) in [5.41, 5.74) is 0. The van der Waals surface area contributed by atoms with Crippen LogP contribution in [-0.4, -0.2) is 46.8 Å². The predicted molar refractivity (Wildman–Crippen MR) is 68.9 cm³/mol. The van der Waals surface area contributed by atoms with Crippen molar-refractivity contribution in [2.24, 2.45) is 0 Å². The van der Waals surface area contributed by atoms with Gasteiger partial charge in [0.2, 0.25) is 11.8 Å². The van der Waals surface area contributed by atoms with Crippen LogP contribution in [0.15, 0.2) is 0 Å². The fraction of sp³-hybridized carbons (Fsp3) is 0.833. The van der Waals surface area contributed by atoms with Gasteiger partial charge in [-0.05, 0) is 25.0 Å². The van der Waals surface area contributed by atoms with Crippen molar-refractivity contribution in [2.45, 2.75) is 44.7 Å². The Kier molecular flexibility index (Phi) is 4.45. The Morgan fingerprint density at radius 1 is 1.47 bits per heavy atom. The molecule has 2 aliphatic rings. The van der Waals surface area contributed by atoms with Crippen molar-refractivity contribution in [1.29, 1.82) is 0 Å². The van der Waals surface area contributed by atoms with Gasteiger partial charge >= 0.3 is 0 Å². The molecule has 2 unspecified atom stereocenters. The van der Waals surface area contributed by atoms with Crippen molar-refractivity contribution < 1.29 is 9.59 Å². The molecule has 2 rings (SSSR count). The molecule has 2 amide bonds. The standard InChI is InChI=1S/C12H20N2O2S/c1-2-5-14-11(15)7-10(12(14)16)13-9-4-3-6-17-8-9/h9-10,13H,2-8H2,1H3. The molecule has 4 nitrogen and oxygen atoms in total. The number of thioether (sulfide) groups is 1. The molecule has 5 heteroatoms. The van der Waals surface area contributed by atoms with Gasteiger partial charge in [-0.15, -0.1) is 0 Å². The largest absolute Gasteiger partial charge is 0.302 e. The first-order valence-electron chi connectivity index (χ1n) is 6.40. The van der Waals surface area contributed by atoms with Crippen LogP contribution < -0.4 is 5.32 Å². The number of nitrogens with one attached hydrogen (secondary N) is 1. The van der Waals surface area contributed by atoms with Crippen LogP contribution >= 0.6 is 11.8 Å². The highest BCUT2D eigenvalue weighted by Gasteiger charge is 2.38. The lowest BCUT2D eigenvalue weighted by Crippen LogP contribution is -2.45. The van der Waals surface area contributed by atoms with Crippen molar-refractivity contribution in [3.63, 3.8) is 0 Å². The SMILES string of the molecule is CCCN1C(=O)CC(NC2CCCSC2)C1=O. The summed E-state index contributed by atoms with van der Waals surface area (Å²) in [5.74, 6) is 2.24. The maximum absolute atomic E-state index is 12.0. The van der Waals surface area contributed by atoms with Gasteiger partial charge in [0.05, 0.1) is 12.5 Å². The minimum absolute atomic E-state index is 0.0159. The molecule has 0 aromatic rings. The molecule has 0 spiro atoms. The third-order valence-electron chi connectivity index (χ3n) is 3.29. The van der Waals surface area contributed by atoms with Crippen LogP contribution in [0, 0.1) is 0 Å². The maximum Gasteiger partial charge on any atom is 0.246 e. The summed E-state index contributed by atoms with van der Waals surface area (Å²) in [4.78, 5) is 25.1. The zero-order valence-corrected chi connectivity index (χ0v) is 11.1. The molecule has 1 N–H and O–H groups in total. The summed E-state index contributed by atoms with van der Waals surface area (Å²) >= 11 is 1.93. The van der Waals surface area contributed by atoms with E-state index in [1.807, 2.05) is 18.7 Å². The number of likely N-dealkylation sites (tertiary alicyclic amines) is 1. The van der Waals surface area contributed by atoms with Crippen LogP contribution in [0.5, 0.6) is 0 Å². The zero-order chi connectivity index (χ0) is 12.3. The molecule has 0 saturated carbocycles. The molecule has 0 bridgehead atoms. The third-order valence-corrected chi connectivity index (χ3v) is 4.50. The second kappa shape index (κ2) is 5.87. The van der Waals surface area contributed by atoms with Gasteiger partial charge < -0.3 is 5.32 Å². The molecule has 17 heavy (non-hydrogen) atoms. The van der Waals surface area contributed by atoms with Gasteiger partial charge in [-0.25, -0.2) is 0 Å². The summed E-state index contributed by atoms with van der Waals surface area (Å²) < 4.78 is 0. The second-order valence-corrected chi connectivity index (χ2v) is 5.87. The first-order valence-corrected chi connectivity index (χ1v) is 7.56. The number of carbonyl (C=O) groups is 2. The van der Waals surface area contributed by atoms with E-state index in [0.29, 0.717) is 19.0 Å². The average Bonchev–Trinajstić information content (AvgIpc) is 2.59. The van der Waals surface area contributed by atoms with E-state index >= 15 is 0 Å². The molecule has 96 valence electrons. The van der Waals surface area contributed by atoms with E-state index in [9.17, 15) is 9.59 Å². The lowest BCUT2D eigenvalue weighted by Gasteiger charge is -2.25. The van der Waals surface area contributed by atoms with Gasteiger partial charge in [0.15, 0.2) is 0 Å². The number of imide groups is 1. The Labute approximate surface area is 106 Å². The number of hydrogen-bond donors (Lipinski definition) is 1.